The smallest absolute Gasteiger partial charge is 0.253 e. The topological polar surface area (TPSA) is 101 Å². The maximum absolute atomic E-state index is 12.9. The van der Waals surface area contributed by atoms with Gasteiger partial charge in [-0.1, -0.05) is 30.3 Å². The number of aromatic nitrogens is 3. The Hall–Kier alpha value is -2.78. The van der Waals surface area contributed by atoms with Crippen LogP contribution in [0.2, 0.25) is 0 Å². The highest BCUT2D eigenvalue weighted by Gasteiger charge is 2.29. The fourth-order valence-corrected chi connectivity index (χ4v) is 3.85. The number of amides is 2. The van der Waals surface area contributed by atoms with Crippen molar-refractivity contribution in [2.45, 2.75) is 52.0 Å². The Balaban J connectivity index is 1.80. The summed E-state index contributed by atoms with van der Waals surface area (Å²) in [4.78, 5) is 29.2. The second-order valence-corrected chi connectivity index (χ2v) is 8.53. The summed E-state index contributed by atoms with van der Waals surface area (Å²) < 4.78 is 7.92. The molecule has 9 nitrogen and oxygen atoms in total. The van der Waals surface area contributed by atoms with E-state index >= 15 is 0 Å². The van der Waals surface area contributed by atoms with Crippen LogP contribution in [0.15, 0.2) is 36.5 Å². The Kier molecular flexibility index (Phi) is 8.35. The minimum absolute atomic E-state index is 0.00884. The molecule has 1 aromatic heterocycles. The Morgan fingerprint density at radius 2 is 2.09 bits per heavy atom. The molecule has 32 heavy (non-hydrogen) atoms. The lowest BCUT2D eigenvalue weighted by Gasteiger charge is -2.35. The van der Waals surface area contributed by atoms with E-state index in [9.17, 15) is 14.7 Å². The molecule has 3 atom stereocenters. The third-order valence-corrected chi connectivity index (χ3v) is 5.87. The van der Waals surface area contributed by atoms with Gasteiger partial charge in [0.05, 0.1) is 31.6 Å². The summed E-state index contributed by atoms with van der Waals surface area (Å²) >= 11 is 0. The summed E-state index contributed by atoms with van der Waals surface area (Å²) in [6, 6.07) is 8.82. The van der Waals surface area contributed by atoms with Crippen LogP contribution in [0.25, 0.3) is 0 Å². The van der Waals surface area contributed by atoms with Crippen LogP contribution in [0, 0.1) is 5.92 Å². The van der Waals surface area contributed by atoms with Crippen LogP contribution in [-0.4, -0.2) is 80.6 Å². The molecule has 174 valence electrons. The predicted octanol–water partition coefficient (Wildman–Crippen LogP) is 1.57. The minimum Gasteiger partial charge on any atom is -0.394 e. The zero-order chi connectivity index (χ0) is 23.1. The monoisotopic (exact) mass is 443 g/mol. The Morgan fingerprint density at radius 1 is 1.34 bits per heavy atom. The summed E-state index contributed by atoms with van der Waals surface area (Å²) in [5.41, 5.74) is 1.33. The van der Waals surface area contributed by atoms with Gasteiger partial charge < -0.3 is 19.6 Å². The van der Waals surface area contributed by atoms with Crippen molar-refractivity contribution in [1.29, 1.82) is 0 Å². The molecule has 9 heteroatoms. The van der Waals surface area contributed by atoms with Crippen molar-refractivity contribution in [3.05, 3.63) is 47.8 Å². The quantitative estimate of drug-likeness (QED) is 0.753. The van der Waals surface area contributed by atoms with Crippen molar-refractivity contribution in [3.8, 4) is 0 Å². The number of carbonyl (C=O) groups excluding carboxylic acids is 2. The standard InChI is InChI=1S/C23H33N5O4/c1-17-12-28(18(2)15-29)22(30)10-7-11-27-13-20(24-25-27)16-32-21(17)14-26(3)23(31)19-8-5-4-6-9-19/h4-6,8-9,13,17-18,21,29H,7,10-12,14-16H2,1-3H3/t17-,18-,21+/m1/s1. The molecule has 0 fully saturated rings. The fourth-order valence-electron chi connectivity index (χ4n) is 3.85. The summed E-state index contributed by atoms with van der Waals surface area (Å²) in [6.45, 7) is 5.39. The number of aliphatic hydroxyl groups is 1. The van der Waals surface area contributed by atoms with E-state index in [-0.39, 0.29) is 43.1 Å². The fraction of sp³-hybridized carbons (Fsp3) is 0.565. The first kappa shape index (κ1) is 23.9. The Bertz CT molecular complexity index is 888. The van der Waals surface area contributed by atoms with Gasteiger partial charge in [0.1, 0.15) is 5.69 Å². The lowest BCUT2D eigenvalue weighted by Crippen LogP contribution is -2.47. The van der Waals surface area contributed by atoms with E-state index in [0.29, 0.717) is 43.7 Å². The normalized spacial score (nSPS) is 21.2. The molecule has 2 bridgehead atoms. The van der Waals surface area contributed by atoms with Crippen LogP contribution >= 0.6 is 0 Å². The number of rotatable bonds is 5. The van der Waals surface area contributed by atoms with Crippen LogP contribution in [0.5, 0.6) is 0 Å². The van der Waals surface area contributed by atoms with Gasteiger partial charge >= 0.3 is 0 Å². The number of ether oxygens (including phenoxy) is 1. The molecule has 1 aliphatic rings. The molecule has 0 spiro atoms. The second kappa shape index (κ2) is 11.2. The van der Waals surface area contributed by atoms with Gasteiger partial charge in [0.15, 0.2) is 0 Å². The molecule has 2 aromatic rings. The number of likely N-dealkylation sites (N-methyl/N-ethyl adjacent to an activating group) is 1. The van der Waals surface area contributed by atoms with Crippen molar-refractivity contribution >= 4 is 11.8 Å². The first-order valence-corrected chi connectivity index (χ1v) is 11.1. The number of fused-ring (bicyclic) bond motifs is 2. The highest BCUT2D eigenvalue weighted by Crippen LogP contribution is 2.18. The molecule has 1 aromatic carbocycles. The summed E-state index contributed by atoms with van der Waals surface area (Å²) in [7, 11) is 1.75. The first-order chi connectivity index (χ1) is 15.4. The molecule has 0 unspecified atom stereocenters. The van der Waals surface area contributed by atoms with Crippen molar-refractivity contribution in [2.24, 2.45) is 5.92 Å². The van der Waals surface area contributed by atoms with Crippen LogP contribution < -0.4 is 0 Å². The van der Waals surface area contributed by atoms with Crippen LogP contribution in [0.3, 0.4) is 0 Å². The number of hydrogen-bond acceptors (Lipinski definition) is 6. The third-order valence-electron chi connectivity index (χ3n) is 5.87. The highest BCUT2D eigenvalue weighted by molar-refractivity contribution is 5.94. The number of benzene rings is 1. The zero-order valence-corrected chi connectivity index (χ0v) is 19.1. The van der Waals surface area contributed by atoms with E-state index < -0.39 is 0 Å². The lowest BCUT2D eigenvalue weighted by atomic mass is 10.0. The van der Waals surface area contributed by atoms with Gasteiger partial charge in [-0.15, -0.1) is 5.10 Å². The summed E-state index contributed by atoms with van der Waals surface area (Å²) in [5, 5.41) is 18.0. The number of aryl methyl sites for hydroxylation is 1. The van der Waals surface area contributed by atoms with Gasteiger partial charge in [0.25, 0.3) is 5.91 Å². The van der Waals surface area contributed by atoms with Gasteiger partial charge in [0, 0.05) is 44.6 Å². The Labute approximate surface area is 189 Å². The van der Waals surface area contributed by atoms with E-state index in [4.69, 9.17) is 4.74 Å². The third kappa shape index (κ3) is 6.14. The highest BCUT2D eigenvalue weighted by atomic mass is 16.5. The van der Waals surface area contributed by atoms with E-state index in [1.54, 1.807) is 33.7 Å². The second-order valence-electron chi connectivity index (χ2n) is 8.53. The molecule has 0 radical (unpaired) electrons. The van der Waals surface area contributed by atoms with Crippen molar-refractivity contribution < 1.29 is 19.4 Å². The Morgan fingerprint density at radius 3 is 2.81 bits per heavy atom. The maximum atomic E-state index is 12.9. The molecule has 2 amide bonds. The maximum Gasteiger partial charge on any atom is 0.253 e. The van der Waals surface area contributed by atoms with Gasteiger partial charge in [-0.2, -0.15) is 0 Å². The average Bonchev–Trinajstić information content (AvgIpc) is 3.26. The molecule has 1 N–H and O–H groups in total. The largest absolute Gasteiger partial charge is 0.394 e. The van der Waals surface area contributed by atoms with E-state index in [1.807, 2.05) is 38.2 Å². The zero-order valence-electron chi connectivity index (χ0n) is 19.1. The lowest BCUT2D eigenvalue weighted by molar-refractivity contribution is -0.136. The number of carbonyl (C=O) groups is 2. The van der Waals surface area contributed by atoms with Crippen LogP contribution in [0.1, 0.15) is 42.7 Å². The van der Waals surface area contributed by atoms with Crippen molar-refractivity contribution in [2.75, 3.05) is 26.7 Å². The molecule has 0 aliphatic carbocycles. The molecule has 2 heterocycles. The molecular formula is C23H33N5O4. The van der Waals surface area contributed by atoms with Crippen LogP contribution in [0.4, 0.5) is 0 Å². The number of hydrogen-bond donors (Lipinski definition) is 1. The van der Waals surface area contributed by atoms with E-state index in [0.717, 1.165) is 0 Å². The molecule has 3 rings (SSSR count). The van der Waals surface area contributed by atoms with Crippen molar-refractivity contribution in [3.63, 3.8) is 0 Å². The van der Waals surface area contributed by atoms with Crippen LogP contribution in [-0.2, 0) is 22.7 Å². The molecular weight excluding hydrogens is 410 g/mol. The van der Waals surface area contributed by atoms with E-state index in [1.165, 1.54) is 0 Å². The van der Waals surface area contributed by atoms with Crippen molar-refractivity contribution in [1.82, 2.24) is 24.8 Å². The summed E-state index contributed by atoms with van der Waals surface area (Å²) in [6.07, 6.45) is 2.50. The van der Waals surface area contributed by atoms with Gasteiger partial charge in [-0.25, -0.2) is 0 Å². The molecule has 0 saturated heterocycles. The molecule has 1 aliphatic heterocycles. The van der Waals surface area contributed by atoms with Gasteiger partial charge in [-0.3, -0.25) is 14.3 Å². The van der Waals surface area contributed by atoms with Gasteiger partial charge in [-0.05, 0) is 25.5 Å². The van der Waals surface area contributed by atoms with E-state index in [2.05, 4.69) is 10.3 Å². The SMILES string of the molecule is C[C@@H]1CN([C@H](C)CO)C(=O)CCCn2cc(nn2)CO[C@H]1CN(C)C(=O)c1ccccc1. The predicted molar refractivity (Wildman–Crippen MR) is 119 cm³/mol. The number of nitrogens with zero attached hydrogens (tertiary/aromatic N) is 5. The average molecular weight is 444 g/mol. The number of aliphatic hydroxyl groups excluding tert-OH is 1. The molecule has 0 saturated carbocycles. The minimum atomic E-state index is -0.334. The summed E-state index contributed by atoms with van der Waals surface area (Å²) in [5.74, 6) is -0.174. The first-order valence-electron chi connectivity index (χ1n) is 11.1. The van der Waals surface area contributed by atoms with Gasteiger partial charge in [0.2, 0.25) is 5.91 Å².